The van der Waals surface area contributed by atoms with Crippen LogP contribution in [0.1, 0.15) is 11.1 Å². The van der Waals surface area contributed by atoms with Crippen LogP contribution in [0.25, 0.3) is 0 Å². The van der Waals surface area contributed by atoms with E-state index in [9.17, 15) is 4.39 Å². The van der Waals surface area contributed by atoms with Gasteiger partial charge in [-0.2, -0.15) is 0 Å². The molecule has 0 aliphatic rings. The molecule has 2 rings (SSSR count). The van der Waals surface area contributed by atoms with Gasteiger partial charge in [0.15, 0.2) is 0 Å². The number of benzene rings is 2. The molecule has 0 saturated heterocycles. The molecule has 0 radical (unpaired) electrons. The summed E-state index contributed by atoms with van der Waals surface area (Å²) in [7, 11) is 0. The average Bonchev–Trinajstić information content (AvgIpc) is 2.30. The predicted molar refractivity (Wildman–Crippen MR) is 77.6 cm³/mol. The Hall–Kier alpha value is -1.06. The van der Waals surface area contributed by atoms with Crippen LogP contribution in [-0.4, -0.2) is 0 Å². The van der Waals surface area contributed by atoms with Gasteiger partial charge in [-0.15, -0.1) is 0 Å². The summed E-state index contributed by atoms with van der Waals surface area (Å²) in [6, 6.07) is 10.4. The molecule has 0 fully saturated rings. The van der Waals surface area contributed by atoms with Crippen molar-refractivity contribution < 1.29 is 4.39 Å². The number of aryl methyl sites for hydroxylation is 1. The molecule has 0 heterocycles. The minimum absolute atomic E-state index is 0.217. The lowest BCUT2D eigenvalue weighted by Gasteiger charge is -2.11. The number of rotatable bonds is 3. The Balaban J connectivity index is 2.11. The Morgan fingerprint density at radius 2 is 2.00 bits per heavy atom. The SMILES string of the molecule is Cc1cc(F)ccc1NCc1ccc(Cl)cc1Br. The standard InChI is InChI=1S/C14H12BrClFN/c1-9-6-12(17)4-5-14(9)18-8-10-2-3-11(16)7-13(10)15/h2-7,18H,8H2,1H3. The van der Waals surface area contributed by atoms with Gasteiger partial charge in [0.25, 0.3) is 0 Å². The highest BCUT2D eigenvalue weighted by molar-refractivity contribution is 9.10. The topological polar surface area (TPSA) is 12.0 Å². The molecule has 0 aromatic heterocycles. The van der Waals surface area contributed by atoms with Gasteiger partial charge < -0.3 is 5.32 Å². The maximum atomic E-state index is 13.0. The van der Waals surface area contributed by atoms with Crippen LogP contribution in [0.2, 0.25) is 5.02 Å². The summed E-state index contributed by atoms with van der Waals surface area (Å²) in [5, 5.41) is 3.97. The number of halogens is 3. The molecule has 1 nitrogen and oxygen atoms in total. The minimum Gasteiger partial charge on any atom is -0.381 e. The second kappa shape index (κ2) is 5.72. The van der Waals surface area contributed by atoms with Crippen molar-refractivity contribution in [1.29, 1.82) is 0 Å². The molecule has 0 bridgehead atoms. The third kappa shape index (κ3) is 3.24. The van der Waals surface area contributed by atoms with Crippen LogP contribution in [0.15, 0.2) is 40.9 Å². The average molecular weight is 329 g/mol. The van der Waals surface area contributed by atoms with Crippen LogP contribution in [0.3, 0.4) is 0 Å². The highest BCUT2D eigenvalue weighted by Gasteiger charge is 2.03. The fourth-order valence-corrected chi connectivity index (χ4v) is 2.50. The van der Waals surface area contributed by atoms with Crippen LogP contribution >= 0.6 is 27.5 Å². The summed E-state index contributed by atoms with van der Waals surface area (Å²) in [6.45, 7) is 2.53. The Morgan fingerprint density at radius 3 is 2.67 bits per heavy atom. The maximum absolute atomic E-state index is 13.0. The van der Waals surface area contributed by atoms with Gasteiger partial charge in [0, 0.05) is 21.7 Å². The number of hydrogen-bond acceptors (Lipinski definition) is 1. The van der Waals surface area contributed by atoms with Crippen LogP contribution in [0.4, 0.5) is 10.1 Å². The number of hydrogen-bond donors (Lipinski definition) is 1. The van der Waals surface area contributed by atoms with Crippen molar-refractivity contribution in [2.75, 3.05) is 5.32 Å². The summed E-state index contributed by atoms with van der Waals surface area (Å²) in [5.41, 5.74) is 2.92. The quantitative estimate of drug-likeness (QED) is 0.820. The van der Waals surface area contributed by atoms with E-state index in [2.05, 4.69) is 21.2 Å². The van der Waals surface area contributed by atoms with Gasteiger partial charge in [-0.1, -0.05) is 33.6 Å². The van der Waals surface area contributed by atoms with E-state index < -0.39 is 0 Å². The molecule has 18 heavy (non-hydrogen) atoms. The smallest absolute Gasteiger partial charge is 0.123 e. The van der Waals surface area contributed by atoms with Crippen molar-refractivity contribution >= 4 is 33.2 Å². The van der Waals surface area contributed by atoms with Crippen LogP contribution in [0, 0.1) is 12.7 Å². The minimum atomic E-state index is -0.217. The van der Waals surface area contributed by atoms with Gasteiger partial charge >= 0.3 is 0 Å². The highest BCUT2D eigenvalue weighted by atomic mass is 79.9. The van der Waals surface area contributed by atoms with Gasteiger partial charge in [0.1, 0.15) is 5.82 Å². The number of anilines is 1. The van der Waals surface area contributed by atoms with Crippen molar-refractivity contribution in [1.82, 2.24) is 0 Å². The zero-order chi connectivity index (χ0) is 13.1. The Labute approximate surface area is 119 Å². The normalized spacial score (nSPS) is 10.4. The second-order valence-electron chi connectivity index (χ2n) is 4.05. The lowest BCUT2D eigenvalue weighted by Crippen LogP contribution is -2.02. The Kier molecular flexibility index (Phi) is 4.25. The first-order valence-electron chi connectivity index (χ1n) is 5.50. The first kappa shape index (κ1) is 13.4. The second-order valence-corrected chi connectivity index (χ2v) is 5.34. The number of nitrogens with one attached hydrogen (secondary N) is 1. The molecule has 0 aliphatic heterocycles. The van der Waals surface area contributed by atoms with Crippen molar-refractivity contribution in [2.24, 2.45) is 0 Å². The Morgan fingerprint density at radius 1 is 1.22 bits per heavy atom. The zero-order valence-electron chi connectivity index (χ0n) is 9.81. The summed E-state index contributed by atoms with van der Waals surface area (Å²) < 4.78 is 13.9. The van der Waals surface area contributed by atoms with E-state index in [0.29, 0.717) is 11.6 Å². The van der Waals surface area contributed by atoms with Gasteiger partial charge in [-0.3, -0.25) is 0 Å². The van der Waals surface area contributed by atoms with Crippen LogP contribution in [0.5, 0.6) is 0 Å². The van der Waals surface area contributed by atoms with E-state index in [1.54, 1.807) is 6.07 Å². The molecular formula is C14H12BrClFN. The summed E-state index contributed by atoms with van der Waals surface area (Å²) in [6.07, 6.45) is 0. The van der Waals surface area contributed by atoms with Crippen molar-refractivity contribution in [3.8, 4) is 0 Å². The summed E-state index contributed by atoms with van der Waals surface area (Å²) in [4.78, 5) is 0. The molecule has 2 aromatic rings. The van der Waals surface area contributed by atoms with Crippen molar-refractivity contribution in [3.05, 3.63) is 62.8 Å². The largest absolute Gasteiger partial charge is 0.381 e. The fourth-order valence-electron chi connectivity index (χ4n) is 1.68. The highest BCUT2D eigenvalue weighted by Crippen LogP contribution is 2.23. The third-order valence-electron chi connectivity index (χ3n) is 2.67. The van der Waals surface area contributed by atoms with E-state index in [0.717, 1.165) is 21.3 Å². The van der Waals surface area contributed by atoms with Gasteiger partial charge in [-0.05, 0) is 48.4 Å². The van der Waals surface area contributed by atoms with Gasteiger partial charge in [-0.25, -0.2) is 4.39 Å². The molecule has 0 aliphatic carbocycles. The molecule has 0 amide bonds. The summed E-state index contributed by atoms with van der Waals surface area (Å²) >= 11 is 9.35. The molecule has 0 saturated carbocycles. The van der Waals surface area contributed by atoms with E-state index in [-0.39, 0.29) is 5.82 Å². The van der Waals surface area contributed by atoms with E-state index in [1.807, 2.05) is 25.1 Å². The molecule has 0 unspecified atom stereocenters. The third-order valence-corrected chi connectivity index (χ3v) is 3.65. The summed E-state index contributed by atoms with van der Waals surface area (Å²) in [5.74, 6) is -0.217. The van der Waals surface area contributed by atoms with Crippen molar-refractivity contribution in [3.63, 3.8) is 0 Å². The fraction of sp³-hybridized carbons (Fsp3) is 0.143. The Bertz CT molecular complexity index is 520. The monoisotopic (exact) mass is 327 g/mol. The predicted octanol–water partition coefficient (Wildman–Crippen LogP) is 5.16. The van der Waals surface area contributed by atoms with Gasteiger partial charge in [0.2, 0.25) is 0 Å². The first-order valence-corrected chi connectivity index (χ1v) is 6.67. The maximum Gasteiger partial charge on any atom is 0.123 e. The van der Waals surface area contributed by atoms with E-state index in [1.165, 1.54) is 12.1 Å². The van der Waals surface area contributed by atoms with Crippen LogP contribution < -0.4 is 5.32 Å². The molecule has 94 valence electrons. The molecule has 4 heteroatoms. The lowest BCUT2D eigenvalue weighted by molar-refractivity contribution is 0.627. The zero-order valence-corrected chi connectivity index (χ0v) is 12.1. The van der Waals surface area contributed by atoms with Gasteiger partial charge in [0.05, 0.1) is 0 Å². The van der Waals surface area contributed by atoms with Crippen LogP contribution in [-0.2, 0) is 6.54 Å². The lowest BCUT2D eigenvalue weighted by atomic mass is 10.1. The molecular weight excluding hydrogens is 317 g/mol. The van der Waals surface area contributed by atoms with E-state index >= 15 is 0 Å². The molecule has 1 N–H and O–H groups in total. The molecule has 2 aromatic carbocycles. The molecule has 0 atom stereocenters. The van der Waals surface area contributed by atoms with Crippen molar-refractivity contribution in [2.45, 2.75) is 13.5 Å². The molecule has 0 spiro atoms. The first-order chi connectivity index (χ1) is 8.56. The van der Waals surface area contributed by atoms with E-state index in [4.69, 9.17) is 11.6 Å².